The van der Waals surface area contributed by atoms with E-state index in [1.54, 1.807) is 6.07 Å². The van der Waals surface area contributed by atoms with Crippen LogP contribution in [-0.4, -0.2) is 9.78 Å². The van der Waals surface area contributed by atoms with Gasteiger partial charge in [-0.1, -0.05) is 6.07 Å². The van der Waals surface area contributed by atoms with E-state index in [0.29, 0.717) is 6.04 Å². The molecule has 0 saturated carbocycles. The van der Waals surface area contributed by atoms with Crippen molar-refractivity contribution in [2.75, 3.05) is 0 Å². The Morgan fingerprint density at radius 2 is 2.30 bits per heavy atom. The molecule has 1 aromatic carbocycles. The Labute approximate surface area is 118 Å². The first-order chi connectivity index (χ1) is 9.65. The maximum Gasteiger partial charge on any atom is 0.123 e. The zero-order valence-electron chi connectivity index (χ0n) is 12.0. The Kier molecular flexibility index (Phi) is 3.57. The molecule has 0 radical (unpaired) electrons. The first-order valence-electron chi connectivity index (χ1n) is 7.14. The van der Waals surface area contributed by atoms with Crippen molar-refractivity contribution < 1.29 is 4.39 Å². The Bertz CT molecular complexity index is 618. The van der Waals surface area contributed by atoms with Gasteiger partial charge in [-0.05, 0) is 49.4 Å². The van der Waals surface area contributed by atoms with Crippen LogP contribution in [0.3, 0.4) is 0 Å². The van der Waals surface area contributed by atoms with Crippen molar-refractivity contribution in [2.45, 2.75) is 38.8 Å². The summed E-state index contributed by atoms with van der Waals surface area (Å²) in [6, 6.07) is 5.34. The van der Waals surface area contributed by atoms with Gasteiger partial charge in [0.05, 0.1) is 6.20 Å². The van der Waals surface area contributed by atoms with Crippen LogP contribution in [0.2, 0.25) is 0 Å². The maximum absolute atomic E-state index is 13.1. The summed E-state index contributed by atoms with van der Waals surface area (Å²) < 4.78 is 15.1. The molecule has 1 unspecified atom stereocenters. The smallest absolute Gasteiger partial charge is 0.123 e. The van der Waals surface area contributed by atoms with Crippen LogP contribution in [0.1, 0.15) is 41.3 Å². The second-order valence-electron chi connectivity index (χ2n) is 5.57. The number of halogens is 1. The Morgan fingerprint density at radius 1 is 1.45 bits per heavy atom. The van der Waals surface area contributed by atoms with Gasteiger partial charge in [-0.15, -0.1) is 0 Å². The molecule has 1 atom stereocenters. The number of benzene rings is 1. The molecular formula is C16H20FN3. The molecule has 1 N–H and O–H groups in total. The van der Waals surface area contributed by atoms with E-state index in [1.807, 2.05) is 30.9 Å². The molecule has 3 rings (SSSR count). The van der Waals surface area contributed by atoms with Crippen molar-refractivity contribution >= 4 is 0 Å². The lowest BCUT2D eigenvalue weighted by atomic mass is 9.92. The fourth-order valence-corrected chi connectivity index (χ4v) is 3.01. The molecule has 106 valence electrons. The van der Waals surface area contributed by atoms with Gasteiger partial charge in [-0.3, -0.25) is 4.68 Å². The van der Waals surface area contributed by atoms with E-state index < -0.39 is 0 Å². The topological polar surface area (TPSA) is 29.9 Å². The third-order valence-corrected chi connectivity index (χ3v) is 4.22. The highest BCUT2D eigenvalue weighted by Crippen LogP contribution is 2.29. The van der Waals surface area contributed by atoms with Crippen molar-refractivity contribution in [3.8, 4) is 0 Å². The molecule has 1 aromatic heterocycles. The SMILES string of the molecule is Cc1cc(F)ccc1CNC1CCCc2c1cnn2C. The van der Waals surface area contributed by atoms with Crippen molar-refractivity contribution in [1.82, 2.24) is 15.1 Å². The number of aromatic nitrogens is 2. The molecule has 4 heteroatoms. The molecule has 0 fully saturated rings. The second kappa shape index (κ2) is 5.37. The van der Waals surface area contributed by atoms with Gasteiger partial charge >= 0.3 is 0 Å². The van der Waals surface area contributed by atoms with Crippen molar-refractivity contribution in [2.24, 2.45) is 7.05 Å². The fourth-order valence-electron chi connectivity index (χ4n) is 3.01. The molecule has 1 aliphatic carbocycles. The lowest BCUT2D eigenvalue weighted by Crippen LogP contribution is -2.25. The van der Waals surface area contributed by atoms with E-state index in [9.17, 15) is 4.39 Å². The summed E-state index contributed by atoms with van der Waals surface area (Å²) in [5.74, 6) is -0.168. The monoisotopic (exact) mass is 273 g/mol. The van der Waals surface area contributed by atoms with E-state index in [0.717, 1.165) is 30.5 Å². The maximum atomic E-state index is 13.1. The zero-order chi connectivity index (χ0) is 14.1. The standard InChI is InChI=1S/C16H20FN3/c1-11-8-13(17)7-6-12(11)9-18-15-4-3-5-16-14(15)10-19-20(16)2/h6-8,10,15,18H,3-5,9H2,1-2H3. The van der Waals surface area contributed by atoms with E-state index in [-0.39, 0.29) is 5.82 Å². The highest BCUT2D eigenvalue weighted by atomic mass is 19.1. The van der Waals surface area contributed by atoms with Crippen molar-refractivity contribution in [1.29, 1.82) is 0 Å². The van der Waals surface area contributed by atoms with Gasteiger partial charge < -0.3 is 5.32 Å². The van der Waals surface area contributed by atoms with Gasteiger partial charge in [0, 0.05) is 30.9 Å². The minimum absolute atomic E-state index is 0.168. The predicted molar refractivity (Wildman–Crippen MR) is 76.9 cm³/mol. The molecule has 0 amide bonds. The first kappa shape index (κ1) is 13.3. The summed E-state index contributed by atoms with van der Waals surface area (Å²) in [5, 5.41) is 7.95. The van der Waals surface area contributed by atoms with E-state index in [4.69, 9.17) is 0 Å². The summed E-state index contributed by atoms with van der Waals surface area (Å²) >= 11 is 0. The number of rotatable bonds is 3. The first-order valence-corrected chi connectivity index (χ1v) is 7.14. The molecule has 0 saturated heterocycles. The summed E-state index contributed by atoms with van der Waals surface area (Å²) in [6.45, 7) is 2.72. The molecule has 2 aromatic rings. The highest BCUT2D eigenvalue weighted by molar-refractivity contribution is 5.28. The van der Waals surface area contributed by atoms with Crippen LogP contribution in [0, 0.1) is 12.7 Å². The molecule has 3 nitrogen and oxygen atoms in total. The van der Waals surface area contributed by atoms with Crippen LogP contribution in [0.5, 0.6) is 0 Å². The number of hydrogen-bond donors (Lipinski definition) is 1. The lowest BCUT2D eigenvalue weighted by Gasteiger charge is -2.24. The zero-order valence-corrected chi connectivity index (χ0v) is 12.0. The summed E-state index contributed by atoms with van der Waals surface area (Å²) in [4.78, 5) is 0. The van der Waals surface area contributed by atoms with Crippen LogP contribution in [-0.2, 0) is 20.0 Å². The van der Waals surface area contributed by atoms with E-state index in [2.05, 4.69) is 10.4 Å². The predicted octanol–water partition coefficient (Wildman–Crippen LogP) is 3.03. The number of fused-ring (bicyclic) bond motifs is 1. The lowest BCUT2D eigenvalue weighted by molar-refractivity contribution is 0.451. The molecule has 0 spiro atoms. The van der Waals surface area contributed by atoms with Gasteiger partial charge in [-0.25, -0.2) is 4.39 Å². The molecule has 0 bridgehead atoms. The molecule has 0 aliphatic heterocycles. The Balaban J connectivity index is 1.73. The number of aryl methyl sites for hydroxylation is 2. The highest BCUT2D eigenvalue weighted by Gasteiger charge is 2.22. The minimum atomic E-state index is -0.168. The second-order valence-corrected chi connectivity index (χ2v) is 5.57. The normalized spacial score (nSPS) is 18.1. The van der Waals surface area contributed by atoms with Gasteiger partial charge in [0.1, 0.15) is 5.82 Å². The fraction of sp³-hybridized carbons (Fsp3) is 0.438. The van der Waals surface area contributed by atoms with E-state index in [1.165, 1.54) is 23.7 Å². The summed E-state index contributed by atoms with van der Waals surface area (Å²) in [7, 11) is 2.01. The van der Waals surface area contributed by atoms with Crippen LogP contribution < -0.4 is 5.32 Å². The van der Waals surface area contributed by atoms with E-state index >= 15 is 0 Å². The van der Waals surface area contributed by atoms with Gasteiger partial charge in [-0.2, -0.15) is 5.10 Å². The number of nitrogens with zero attached hydrogens (tertiary/aromatic N) is 2. The Morgan fingerprint density at radius 3 is 3.10 bits per heavy atom. The molecule has 1 aliphatic rings. The van der Waals surface area contributed by atoms with Crippen LogP contribution >= 0.6 is 0 Å². The average molecular weight is 273 g/mol. The van der Waals surface area contributed by atoms with Gasteiger partial charge in [0.2, 0.25) is 0 Å². The van der Waals surface area contributed by atoms with Gasteiger partial charge in [0.15, 0.2) is 0 Å². The largest absolute Gasteiger partial charge is 0.306 e. The van der Waals surface area contributed by atoms with Crippen molar-refractivity contribution in [3.05, 3.63) is 52.6 Å². The molecule has 1 heterocycles. The van der Waals surface area contributed by atoms with Crippen LogP contribution in [0.4, 0.5) is 4.39 Å². The third kappa shape index (κ3) is 2.48. The summed E-state index contributed by atoms with van der Waals surface area (Å²) in [5.41, 5.74) is 4.81. The summed E-state index contributed by atoms with van der Waals surface area (Å²) in [6.07, 6.45) is 5.41. The Hall–Kier alpha value is -1.68. The van der Waals surface area contributed by atoms with Crippen LogP contribution in [0.15, 0.2) is 24.4 Å². The third-order valence-electron chi connectivity index (χ3n) is 4.22. The number of nitrogens with one attached hydrogen (secondary N) is 1. The molecular weight excluding hydrogens is 253 g/mol. The van der Waals surface area contributed by atoms with Gasteiger partial charge in [0.25, 0.3) is 0 Å². The van der Waals surface area contributed by atoms with Crippen molar-refractivity contribution in [3.63, 3.8) is 0 Å². The average Bonchev–Trinajstić information content (AvgIpc) is 2.80. The van der Waals surface area contributed by atoms with Crippen LogP contribution in [0.25, 0.3) is 0 Å². The minimum Gasteiger partial charge on any atom is -0.306 e. The quantitative estimate of drug-likeness (QED) is 0.931. The number of hydrogen-bond acceptors (Lipinski definition) is 2. The molecule has 20 heavy (non-hydrogen) atoms.